The molecule has 2 aliphatic carbocycles. The number of hydrogen-bond donors (Lipinski definition) is 1. The van der Waals surface area contributed by atoms with Crippen molar-refractivity contribution < 1.29 is 0 Å². The van der Waals surface area contributed by atoms with Crippen LogP contribution >= 0.6 is 0 Å². The smallest absolute Gasteiger partial charge is 0.00989 e. The molecule has 3 atom stereocenters. The maximum atomic E-state index is 3.67. The van der Waals surface area contributed by atoms with Crippen LogP contribution < -0.4 is 5.32 Å². The van der Waals surface area contributed by atoms with E-state index < -0.39 is 0 Å². The van der Waals surface area contributed by atoms with Crippen molar-refractivity contribution in [2.45, 2.75) is 45.2 Å². The van der Waals surface area contributed by atoms with E-state index in [1.165, 1.54) is 19.3 Å². The van der Waals surface area contributed by atoms with Crippen molar-refractivity contribution in [3.63, 3.8) is 0 Å². The molecule has 0 aliphatic heterocycles. The lowest BCUT2D eigenvalue weighted by molar-refractivity contribution is 0.482. The second kappa shape index (κ2) is 2.23. The van der Waals surface area contributed by atoms with Gasteiger partial charge in [-0.1, -0.05) is 6.92 Å². The first-order valence-electron chi connectivity index (χ1n) is 4.53. The molecule has 0 heterocycles. The molecular formula is C9H17N. The molecule has 0 radical (unpaired) electrons. The van der Waals surface area contributed by atoms with E-state index in [9.17, 15) is 0 Å². The van der Waals surface area contributed by atoms with Crippen molar-refractivity contribution in [1.29, 1.82) is 0 Å². The Morgan fingerprint density at radius 3 is 2.40 bits per heavy atom. The third-order valence-electron chi connectivity index (χ3n) is 2.92. The largest absolute Gasteiger partial charge is 0.311 e. The van der Waals surface area contributed by atoms with Gasteiger partial charge in [-0.25, -0.2) is 0 Å². The lowest BCUT2D eigenvalue weighted by Gasteiger charge is -2.11. The Bertz CT molecular complexity index is 129. The Balaban J connectivity index is 1.69. The summed E-state index contributed by atoms with van der Waals surface area (Å²) in [5.41, 5.74) is 0. The maximum Gasteiger partial charge on any atom is 0.00989 e. The van der Waals surface area contributed by atoms with Gasteiger partial charge in [0.05, 0.1) is 0 Å². The summed E-state index contributed by atoms with van der Waals surface area (Å²) in [7, 11) is 0. The molecule has 58 valence electrons. The predicted molar refractivity (Wildman–Crippen MR) is 42.9 cm³/mol. The minimum atomic E-state index is 0.801. The topological polar surface area (TPSA) is 12.0 Å². The molecular weight excluding hydrogens is 122 g/mol. The predicted octanol–water partition coefficient (Wildman–Crippen LogP) is 1.78. The van der Waals surface area contributed by atoms with Crippen molar-refractivity contribution in [2.75, 3.05) is 0 Å². The van der Waals surface area contributed by atoms with Crippen LogP contribution in [0.1, 0.15) is 33.1 Å². The Labute approximate surface area is 63.2 Å². The van der Waals surface area contributed by atoms with Crippen LogP contribution in [0.15, 0.2) is 0 Å². The van der Waals surface area contributed by atoms with Gasteiger partial charge in [-0.2, -0.15) is 0 Å². The Hall–Kier alpha value is -0.0400. The van der Waals surface area contributed by atoms with Crippen LogP contribution in [0.5, 0.6) is 0 Å². The fourth-order valence-corrected chi connectivity index (χ4v) is 1.62. The van der Waals surface area contributed by atoms with Gasteiger partial charge >= 0.3 is 0 Å². The minimum Gasteiger partial charge on any atom is -0.311 e. The summed E-state index contributed by atoms with van der Waals surface area (Å²) >= 11 is 0. The lowest BCUT2D eigenvalue weighted by Crippen LogP contribution is -2.30. The second-order valence-corrected chi connectivity index (χ2v) is 4.11. The summed E-state index contributed by atoms with van der Waals surface area (Å²) in [5.74, 6) is 1.98. The Morgan fingerprint density at radius 2 is 2.00 bits per heavy atom. The molecule has 0 aromatic heterocycles. The molecule has 10 heavy (non-hydrogen) atoms. The zero-order valence-corrected chi connectivity index (χ0v) is 6.93. The van der Waals surface area contributed by atoms with Gasteiger partial charge in [0.15, 0.2) is 0 Å². The van der Waals surface area contributed by atoms with Crippen LogP contribution in [0.25, 0.3) is 0 Å². The Morgan fingerprint density at radius 1 is 1.40 bits per heavy atom. The van der Waals surface area contributed by atoms with E-state index >= 15 is 0 Å². The first-order valence-corrected chi connectivity index (χ1v) is 4.53. The maximum absolute atomic E-state index is 3.67. The number of nitrogens with one attached hydrogen (secondary N) is 1. The van der Waals surface area contributed by atoms with Gasteiger partial charge in [0, 0.05) is 12.1 Å². The van der Waals surface area contributed by atoms with Gasteiger partial charge in [0.1, 0.15) is 0 Å². The van der Waals surface area contributed by atoms with Crippen molar-refractivity contribution in [3.8, 4) is 0 Å². The molecule has 2 aliphatic rings. The highest BCUT2D eigenvalue weighted by molar-refractivity contribution is 4.94. The van der Waals surface area contributed by atoms with Crippen molar-refractivity contribution in [3.05, 3.63) is 0 Å². The molecule has 2 fully saturated rings. The van der Waals surface area contributed by atoms with Crippen LogP contribution in [0.3, 0.4) is 0 Å². The molecule has 0 aromatic rings. The first kappa shape index (κ1) is 6.66. The highest BCUT2D eigenvalue weighted by Gasteiger charge is 2.37. The van der Waals surface area contributed by atoms with Gasteiger partial charge in [0.2, 0.25) is 0 Å². The van der Waals surface area contributed by atoms with E-state index in [1.54, 1.807) is 0 Å². The van der Waals surface area contributed by atoms with E-state index in [0.717, 1.165) is 23.9 Å². The van der Waals surface area contributed by atoms with Crippen molar-refractivity contribution in [2.24, 2.45) is 11.8 Å². The van der Waals surface area contributed by atoms with E-state index in [1.807, 2.05) is 0 Å². The molecule has 0 amide bonds. The highest BCUT2D eigenvalue weighted by Crippen LogP contribution is 2.36. The monoisotopic (exact) mass is 139 g/mol. The fraction of sp³-hybridized carbons (Fsp3) is 1.00. The SMILES string of the molecule is CC1CC1NC(C)C1CC1. The van der Waals surface area contributed by atoms with Crippen LogP contribution in [0, 0.1) is 11.8 Å². The van der Waals surface area contributed by atoms with Gasteiger partial charge in [-0.05, 0) is 38.0 Å². The quantitative estimate of drug-likeness (QED) is 0.628. The van der Waals surface area contributed by atoms with Crippen LogP contribution in [0.2, 0.25) is 0 Å². The van der Waals surface area contributed by atoms with Gasteiger partial charge in [-0.15, -0.1) is 0 Å². The molecule has 2 saturated carbocycles. The number of rotatable bonds is 3. The molecule has 0 saturated heterocycles. The molecule has 1 heteroatoms. The summed E-state index contributed by atoms with van der Waals surface area (Å²) in [6.07, 6.45) is 4.35. The standard InChI is InChI=1S/C9H17N/c1-6-5-9(6)10-7(2)8-3-4-8/h6-10H,3-5H2,1-2H3. The van der Waals surface area contributed by atoms with Crippen LogP contribution in [0.4, 0.5) is 0 Å². The molecule has 0 bridgehead atoms. The highest BCUT2D eigenvalue weighted by atomic mass is 15.0. The van der Waals surface area contributed by atoms with Gasteiger partial charge in [0.25, 0.3) is 0 Å². The minimum absolute atomic E-state index is 0.801. The van der Waals surface area contributed by atoms with Crippen LogP contribution in [-0.4, -0.2) is 12.1 Å². The van der Waals surface area contributed by atoms with Crippen molar-refractivity contribution in [1.82, 2.24) is 5.32 Å². The Kier molecular flexibility index (Phi) is 1.48. The molecule has 0 aromatic carbocycles. The second-order valence-electron chi connectivity index (χ2n) is 4.11. The third-order valence-corrected chi connectivity index (χ3v) is 2.92. The van der Waals surface area contributed by atoms with Gasteiger partial charge < -0.3 is 5.32 Å². The summed E-state index contributed by atoms with van der Waals surface area (Å²) in [6.45, 7) is 4.67. The third kappa shape index (κ3) is 1.34. The molecule has 1 N–H and O–H groups in total. The zero-order valence-electron chi connectivity index (χ0n) is 6.93. The molecule has 3 unspecified atom stereocenters. The van der Waals surface area contributed by atoms with Crippen LogP contribution in [-0.2, 0) is 0 Å². The summed E-state index contributed by atoms with van der Waals surface area (Å²) in [5, 5.41) is 3.67. The molecule has 1 nitrogen and oxygen atoms in total. The average Bonchev–Trinajstić information content (AvgIpc) is 2.66. The molecule has 0 spiro atoms. The summed E-state index contributed by atoms with van der Waals surface area (Å²) < 4.78 is 0. The fourth-order valence-electron chi connectivity index (χ4n) is 1.62. The van der Waals surface area contributed by atoms with E-state index in [2.05, 4.69) is 19.2 Å². The zero-order chi connectivity index (χ0) is 7.14. The van der Waals surface area contributed by atoms with Gasteiger partial charge in [-0.3, -0.25) is 0 Å². The summed E-state index contributed by atoms with van der Waals surface area (Å²) in [4.78, 5) is 0. The first-order chi connectivity index (χ1) is 4.77. The van der Waals surface area contributed by atoms with Crippen molar-refractivity contribution >= 4 is 0 Å². The number of hydrogen-bond acceptors (Lipinski definition) is 1. The van der Waals surface area contributed by atoms with E-state index in [0.29, 0.717) is 0 Å². The van der Waals surface area contributed by atoms with E-state index in [-0.39, 0.29) is 0 Å². The molecule has 2 rings (SSSR count). The summed E-state index contributed by atoms with van der Waals surface area (Å²) in [6, 6.07) is 1.67. The average molecular weight is 139 g/mol. The lowest BCUT2D eigenvalue weighted by atomic mass is 10.2. The van der Waals surface area contributed by atoms with E-state index in [4.69, 9.17) is 0 Å². The normalized spacial score (nSPS) is 41.4.